The Balaban J connectivity index is 1.82. The summed E-state index contributed by atoms with van der Waals surface area (Å²) in [6, 6.07) is 0.506. The number of likely N-dealkylation sites (tertiary alicyclic amines) is 1. The van der Waals surface area contributed by atoms with E-state index in [1.165, 1.54) is 23.6 Å². The van der Waals surface area contributed by atoms with Crippen LogP contribution in [0.3, 0.4) is 0 Å². The largest absolute Gasteiger partial charge is 0.435 e. The predicted molar refractivity (Wildman–Crippen MR) is 85.1 cm³/mol. The standard InChI is InChI=1S/C15H22F3N5O3/c1-9-5-12(15(16,17)18)21-23(9)4-3-20-14(26)22-7-10(11(24)8-22)6-13(25)19-2/h5,10-11,24H,3-4,6-8H2,1-2H3,(H,19,25)(H,20,26)/t10-,11-/m1/s1. The summed E-state index contributed by atoms with van der Waals surface area (Å²) in [5.41, 5.74) is -0.630. The second-order valence-electron chi connectivity index (χ2n) is 6.23. The Labute approximate surface area is 148 Å². The third-order valence-electron chi connectivity index (χ3n) is 4.29. The molecule has 0 aliphatic carbocycles. The molecule has 8 nitrogen and oxygen atoms in total. The molecule has 26 heavy (non-hydrogen) atoms. The summed E-state index contributed by atoms with van der Waals surface area (Å²) in [4.78, 5) is 24.9. The van der Waals surface area contributed by atoms with Crippen LogP contribution in [0.5, 0.6) is 0 Å². The number of hydrogen-bond acceptors (Lipinski definition) is 4. The van der Waals surface area contributed by atoms with Crippen molar-refractivity contribution < 1.29 is 27.9 Å². The number of aromatic nitrogens is 2. The SMILES string of the molecule is CNC(=O)C[C@@H]1CN(C(=O)NCCn2nc(C(F)(F)F)cc2C)C[C@H]1O. The van der Waals surface area contributed by atoms with Gasteiger partial charge in [-0.3, -0.25) is 9.48 Å². The molecule has 0 aromatic carbocycles. The molecule has 11 heteroatoms. The van der Waals surface area contributed by atoms with Gasteiger partial charge in [0.15, 0.2) is 5.69 Å². The summed E-state index contributed by atoms with van der Waals surface area (Å²) in [6.07, 6.45) is -5.18. The summed E-state index contributed by atoms with van der Waals surface area (Å²) in [5, 5.41) is 18.5. The molecule has 0 saturated carbocycles. The van der Waals surface area contributed by atoms with Crippen molar-refractivity contribution in [3.8, 4) is 0 Å². The summed E-state index contributed by atoms with van der Waals surface area (Å²) < 4.78 is 39.0. The molecule has 1 saturated heterocycles. The van der Waals surface area contributed by atoms with Crippen molar-refractivity contribution in [3.05, 3.63) is 17.5 Å². The quantitative estimate of drug-likeness (QED) is 0.689. The smallest absolute Gasteiger partial charge is 0.391 e. The lowest BCUT2D eigenvalue weighted by Gasteiger charge is -2.17. The van der Waals surface area contributed by atoms with Crippen molar-refractivity contribution in [2.75, 3.05) is 26.7 Å². The molecule has 1 aliphatic rings. The van der Waals surface area contributed by atoms with Crippen molar-refractivity contribution >= 4 is 11.9 Å². The molecule has 2 heterocycles. The molecule has 1 aliphatic heterocycles. The monoisotopic (exact) mass is 377 g/mol. The van der Waals surface area contributed by atoms with E-state index in [4.69, 9.17) is 0 Å². The molecular weight excluding hydrogens is 355 g/mol. The number of amides is 3. The number of carbonyl (C=O) groups excluding carboxylic acids is 2. The van der Waals surface area contributed by atoms with Gasteiger partial charge in [0.2, 0.25) is 5.91 Å². The van der Waals surface area contributed by atoms with E-state index in [9.17, 15) is 27.9 Å². The second kappa shape index (κ2) is 7.94. The van der Waals surface area contributed by atoms with Gasteiger partial charge >= 0.3 is 12.2 Å². The number of β-amino-alcohol motifs (C(OH)–C–C–N with tert-alkyl or cyclic N) is 1. The van der Waals surface area contributed by atoms with Gasteiger partial charge in [-0.05, 0) is 13.0 Å². The summed E-state index contributed by atoms with van der Waals surface area (Å²) in [6.45, 7) is 2.02. The van der Waals surface area contributed by atoms with Crippen molar-refractivity contribution in [2.24, 2.45) is 5.92 Å². The average Bonchev–Trinajstić information content (AvgIpc) is 3.11. The van der Waals surface area contributed by atoms with E-state index in [0.29, 0.717) is 5.69 Å². The number of alkyl halides is 3. The Kier molecular flexibility index (Phi) is 6.11. The molecule has 3 N–H and O–H groups in total. The van der Waals surface area contributed by atoms with Gasteiger partial charge in [-0.1, -0.05) is 0 Å². The number of carbonyl (C=O) groups is 2. The van der Waals surface area contributed by atoms with Gasteiger partial charge in [-0.2, -0.15) is 18.3 Å². The molecule has 0 spiro atoms. The Morgan fingerprint density at radius 2 is 2.08 bits per heavy atom. The minimum absolute atomic E-state index is 0.0886. The van der Waals surface area contributed by atoms with Crippen molar-refractivity contribution in [2.45, 2.75) is 32.2 Å². The van der Waals surface area contributed by atoms with Crippen LogP contribution < -0.4 is 10.6 Å². The maximum atomic E-state index is 12.6. The lowest BCUT2D eigenvalue weighted by atomic mass is 10.0. The van der Waals surface area contributed by atoms with Crippen molar-refractivity contribution in [3.63, 3.8) is 0 Å². The number of rotatable bonds is 5. The summed E-state index contributed by atoms with van der Waals surface area (Å²) in [5.74, 6) is -0.561. The molecule has 0 bridgehead atoms. The molecule has 1 aromatic heterocycles. The normalized spacial score (nSPS) is 20.3. The lowest BCUT2D eigenvalue weighted by Crippen LogP contribution is -2.40. The third kappa shape index (κ3) is 4.87. The van der Waals surface area contributed by atoms with E-state index in [-0.39, 0.29) is 44.4 Å². The van der Waals surface area contributed by atoms with Crippen LogP contribution in [0.15, 0.2) is 6.07 Å². The number of nitrogens with zero attached hydrogens (tertiary/aromatic N) is 3. The van der Waals surface area contributed by atoms with Gasteiger partial charge in [0.1, 0.15) is 0 Å². The average molecular weight is 377 g/mol. The lowest BCUT2D eigenvalue weighted by molar-refractivity contribution is -0.141. The number of nitrogens with one attached hydrogen (secondary N) is 2. The van der Waals surface area contributed by atoms with Gasteiger partial charge in [0.25, 0.3) is 0 Å². The topological polar surface area (TPSA) is 99.5 Å². The number of aliphatic hydroxyl groups is 1. The molecule has 1 aromatic rings. The van der Waals surface area contributed by atoms with E-state index in [1.54, 1.807) is 0 Å². The highest BCUT2D eigenvalue weighted by atomic mass is 19.4. The van der Waals surface area contributed by atoms with E-state index < -0.39 is 24.0 Å². The first kappa shape index (κ1) is 20.0. The Hall–Kier alpha value is -2.30. The third-order valence-corrected chi connectivity index (χ3v) is 4.29. The van der Waals surface area contributed by atoms with E-state index in [2.05, 4.69) is 15.7 Å². The zero-order valence-electron chi connectivity index (χ0n) is 14.5. The molecule has 2 rings (SSSR count). The molecule has 146 valence electrons. The highest BCUT2D eigenvalue weighted by molar-refractivity contribution is 5.77. The molecule has 3 amide bonds. The first-order chi connectivity index (χ1) is 12.1. The van der Waals surface area contributed by atoms with Crippen molar-refractivity contribution in [1.29, 1.82) is 0 Å². The molecule has 1 fully saturated rings. The highest BCUT2D eigenvalue weighted by Gasteiger charge is 2.35. The van der Waals surface area contributed by atoms with Crippen LogP contribution in [0.2, 0.25) is 0 Å². The van der Waals surface area contributed by atoms with Gasteiger partial charge < -0.3 is 20.6 Å². The van der Waals surface area contributed by atoms with E-state index >= 15 is 0 Å². The predicted octanol–water partition coefficient (Wildman–Crippen LogP) is 0.349. The van der Waals surface area contributed by atoms with Gasteiger partial charge in [0, 0.05) is 44.7 Å². The molecule has 2 atom stereocenters. The van der Waals surface area contributed by atoms with Crippen LogP contribution >= 0.6 is 0 Å². The minimum Gasteiger partial charge on any atom is -0.391 e. The van der Waals surface area contributed by atoms with Crippen LogP contribution in [0.25, 0.3) is 0 Å². The number of aliphatic hydroxyl groups excluding tert-OH is 1. The zero-order valence-corrected chi connectivity index (χ0v) is 14.5. The Morgan fingerprint density at radius 1 is 1.38 bits per heavy atom. The van der Waals surface area contributed by atoms with Crippen LogP contribution in [0, 0.1) is 12.8 Å². The molecule has 0 radical (unpaired) electrons. The molecule has 0 unspecified atom stereocenters. The zero-order chi connectivity index (χ0) is 19.5. The second-order valence-corrected chi connectivity index (χ2v) is 6.23. The fourth-order valence-electron chi connectivity index (χ4n) is 2.82. The van der Waals surface area contributed by atoms with Crippen LogP contribution in [-0.2, 0) is 17.5 Å². The van der Waals surface area contributed by atoms with Crippen LogP contribution in [0.1, 0.15) is 17.8 Å². The number of halogens is 3. The number of hydrogen-bond donors (Lipinski definition) is 3. The maximum absolute atomic E-state index is 12.6. The van der Waals surface area contributed by atoms with E-state index in [0.717, 1.165) is 6.07 Å². The summed E-state index contributed by atoms with van der Waals surface area (Å²) >= 11 is 0. The fourth-order valence-corrected chi connectivity index (χ4v) is 2.82. The van der Waals surface area contributed by atoms with Crippen molar-refractivity contribution in [1.82, 2.24) is 25.3 Å². The fraction of sp³-hybridized carbons (Fsp3) is 0.667. The van der Waals surface area contributed by atoms with Gasteiger partial charge in [0.05, 0.1) is 12.6 Å². The highest BCUT2D eigenvalue weighted by Crippen LogP contribution is 2.28. The first-order valence-corrected chi connectivity index (χ1v) is 8.15. The Bertz CT molecular complexity index is 661. The van der Waals surface area contributed by atoms with Crippen LogP contribution in [0.4, 0.5) is 18.0 Å². The van der Waals surface area contributed by atoms with E-state index in [1.807, 2.05) is 0 Å². The summed E-state index contributed by atoms with van der Waals surface area (Å²) in [7, 11) is 1.50. The number of aryl methyl sites for hydroxylation is 1. The first-order valence-electron chi connectivity index (χ1n) is 8.15. The van der Waals surface area contributed by atoms with Gasteiger partial charge in [-0.15, -0.1) is 0 Å². The minimum atomic E-state index is -4.51. The Morgan fingerprint density at radius 3 is 2.65 bits per heavy atom. The number of urea groups is 1. The molecular formula is C15H22F3N5O3. The maximum Gasteiger partial charge on any atom is 0.435 e. The van der Waals surface area contributed by atoms with Gasteiger partial charge in [-0.25, -0.2) is 4.79 Å². The van der Waals surface area contributed by atoms with Crippen LogP contribution in [-0.4, -0.2) is 64.5 Å².